The fourth-order valence-corrected chi connectivity index (χ4v) is 4.93. The summed E-state index contributed by atoms with van der Waals surface area (Å²) in [5.41, 5.74) is -2.38. The zero-order chi connectivity index (χ0) is 15.7. The summed E-state index contributed by atoms with van der Waals surface area (Å²) in [5.74, 6) is -1.17. The number of epoxide rings is 1. The van der Waals surface area contributed by atoms with Crippen LogP contribution < -0.4 is 5.32 Å². The van der Waals surface area contributed by atoms with Gasteiger partial charge in [-0.3, -0.25) is 4.79 Å². The Morgan fingerprint density at radius 3 is 2.91 bits per heavy atom. The molecule has 3 saturated heterocycles. The topological polar surface area (TPSA) is 88.2 Å². The van der Waals surface area contributed by atoms with Crippen LogP contribution in [0.5, 0.6) is 0 Å². The van der Waals surface area contributed by atoms with Crippen molar-refractivity contribution in [1.82, 2.24) is 5.32 Å². The van der Waals surface area contributed by atoms with Gasteiger partial charge in [-0.15, -0.1) is 11.6 Å². The molecule has 22 heavy (non-hydrogen) atoms. The maximum absolute atomic E-state index is 12.3. The molecule has 1 saturated carbocycles. The predicted molar refractivity (Wildman–Crippen MR) is 76.2 cm³/mol. The SMILES string of the molecule is C[C@@]12OC(=O)[C@]1([C@@H](O)[C@H]1CCCC3O[C@@H]31)NC(=O)[C@@H]2CCCl. The summed E-state index contributed by atoms with van der Waals surface area (Å²) in [6.45, 7) is 1.72. The van der Waals surface area contributed by atoms with Gasteiger partial charge in [-0.2, -0.15) is 0 Å². The summed E-state index contributed by atoms with van der Waals surface area (Å²) in [7, 11) is 0. The highest BCUT2D eigenvalue weighted by atomic mass is 35.5. The number of nitrogens with one attached hydrogen (secondary N) is 1. The Hall–Kier alpha value is -0.850. The van der Waals surface area contributed by atoms with Gasteiger partial charge in [-0.05, 0) is 26.2 Å². The number of rotatable bonds is 4. The molecule has 0 bridgehead atoms. The van der Waals surface area contributed by atoms with Crippen LogP contribution in [0, 0.1) is 11.8 Å². The number of esters is 1. The molecule has 1 amide bonds. The summed E-state index contributed by atoms with van der Waals surface area (Å²) in [6.07, 6.45) is 2.39. The van der Waals surface area contributed by atoms with E-state index in [4.69, 9.17) is 21.1 Å². The van der Waals surface area contributed by atoms with Crippen LogP contribution in [0.3, 0.4) is 0 Å². The van der Waals surface area contributed by atoms with Gasteiger partial charge in [0.25, 0.3) is 0 Å². The van der Waals surface area contributed by atoms with Crippen molar-refractivity contribution in [3.05, 3.63) is 0 Å². The van der Waals surface area contributed by atoms with E-state index in [9.17, 15) is 14.7 Å². The smallest absolute Gasteiger partial charge is 0.339 e. The monoisotopic (exact) mass is 329 g/mol. The molecule has 3 heterocycles. The van der Waals surface area contributed by atoms with Crippen LogP contribution in [0.25, 0.3) is 0 Å². The quantitative estimate of drug-likeness (QED) is 0.441. The van der Waals surface area contributed by atoms with Crippen molar-refractivity contribution in [2.24, 2.45) is 11.8 Å². The summed E-state index contributed by atoms with van der Waals surface area (Å²) < 4.78 is 11.0. The second kappa shape index (κ2) is 4.58. The Balaban J connectivity index is 1.66. The van der Waals surface area contributed by atoms with Crippen molar-refractivity contribution in [3.63, 3.8) is 0 Å². The van der Waals surface area contributed by atoms with Crippen LogP contribution in [-0.4, -0.2) is 52.3 Å². The van der Waals surface area contributed by atoms with E-state index in [2.05, 4.69) is 5.32 Å². The first-order valence-electron chi connectivity index (χ1n) is 7.90. The van der Waals surface area contributed by atoms with Gasteiger partial charge >= 0.3 is 5.97 Å². The fourth-order valence-electron chi connectivity index (χ4n) is 4.71. The summed E-state index contributed by atoms with van der Waals surface area (Å²) in [4.78, 5) is 24.6. The zero-order valence-corrected chi connectivity index (χ0v) is 13.1. The van der Waals surface area contributed by atoms with Crippen molar-refractivity contribution in [1.29, 1.82) is 0 Å². The molecule has 0 spiro atoms. The predicted octanol–water partition coefficient (Wildman–Crippen LogP) is 0.344. The number of aliphatic hydroxyl groups excluding tert-OH is 1. The van der Waals surface area contributed by atoms with E-state index in [1.807, 2.05) is 0 Å². The maximum Gasteiger partial charge on any atom is 0.339 e. The third-order valence-electron chi connectivity index (χ3n) is 6.03. The van der Waals surface area contributed by atoms with Crippen LogP contribution >= 0.6 is 11.6 Å². The molecule has 0 aromatic carbocycles. The van der Waals surface area contributed by atoms with Gasteiger partial charge in [0.15, 0.2) is 5.60 Å². The minimum atomic E-state index is -1.35. The molecular formula is C15H20ClNO5. The van der Waals surface area contributed by atoms with Gasteiger partial charge in [-0.25, -0.2) is 4.79 Å². The normalized spacial score (nSPS) is 50.3. The summed E-state index contributed by atoms with van der Waals surface area (Å²) >= 11 is 5.78. The fraction of sp³-hybridized carbons (Fsp3) is 0.867. The van der Waals surface area contributed by atoms with Gasteiger partial charge in [0.2, 0.25) is 11.4 Å². The lowest BCUT2D eigenvalue weighted by Gasteiger charge is -2.54. The Labute approximate surface area is 133 Å². The lowest BCUT2D eigenvalue weighted by Crippen LogP contribution is -2.80. The third kappa shape index (κ3) is 1.58. The molecule has 0 aromatic heterocycles. The number of amides is 1. The molecule has 0 radical (unpaired) electrons. The number of fused-ring (bicyclic) bond motifs is 2. The molecule has 7 atom stereocenters. The molecule has 3 aliphatic heterocycles. The van der Waals surface area contributed by atoms with Crippen LogP contribution in [0.1, 0.15) is 32.6 Å². The zero-order valence-electron chi connectivity index (χ0n) is 12.4. The van der Waals surface area contributed by atoms with Crippen molar-refractivity contribution in [3.8, 4) is 0 Å². The van der Waals surface area contributed by atoms with E-state index in [1.54, 1.807) is 6.92 Å². The van der Waals surface area contributed by atoms with Crippen molar-refractivity contribution in [2.75, 3.05) is 5.88 Å². The standard InChI is InChI=1S/C15H20ClNO5/c1-14-8(5-6-16)12(19)17-15(14,13(20)22-14)11(18)7-3-2-4-9-10(7)21-9/h7-11,18H,2-6H2,1H3,(H,17,19)/t7-,8-,9?,10+,11-,14-,15-/m0/s1. The molecule has 4 fully saturated rings. The Morgan fingerprint density at radius 2 is 2.23 bits per heavy atom. The van der Waals surface area contributed by atoms with Gasteiger partial charge in [0, 0.05) is 11.8 Å². The summed E-state index contributed by atoms with van der Waals surface area (Å²) in [5, 5.41) is 13.7. The average molecular weight is 330 g/mol. The van der Waals surface area contributed by atoms with Gasteiger partial charge in [0.1, 0.15) is 0 Å². The lowest BCUT2D eigenvalue weighted by atomic mass is 9.64. The molecule has 7 heteroatoms. The van der Waals surface area contributed by atoms with E-state index in [-0.39, 0.29) is 24.0 Å². The number of hydrogen-bond acceptors (Lipinski definition) is 5. The second-order valence-corrected chi connectivity index (χ2v) is 7.38. The number of ether oxygens (including phenoxy) is 2. The number of carbonyl (C=O) groups excluding carboxylic acids is 2. The maximum atomic E-state index is 12.3. The third-order valence-corrected chi connectivity index (χ3v) is 6.25. The molecule has 1 unspecified atom stereocenters. The summed E-state index contributed by atoms with van der Waals surface area (Å²) in [6, 6.07) is 0. The number of carbonyl (C=O) groups is 2. The molecule has 4 rings (SSSR count). The van der Waals surface area contributed by atoms with Crippen LogP contribution in [0.2, 0.25) is 0 Å². The van der Waals surface area contributed by atoms with Crippen molar-refractivity contribution < 1.29 is 24.2 Å². The average Bonchev–Trinajstić information content (AvgIpc) is 3.25. The minimum Gasteiger partial charge on any atom is -0.453 e. The molecular weight excluding hydrogens is 310 g/mol. The van der Waals surface area contributed by atoms with E-state index in [0.717, 1.165) is 19.3 Å². The van der Waals surface area contributed by atoms with E-state index in [0.29, 0.717) is 12.3 Å². The molecule has 1 aliphatic carbocycles. The molecule has 0 aromatic rings. The van der Waals surface area contributed by atoms with Crippen molar-refractivity contribution in [2.45, 2.75) is 62.1 Å². The van der Waals surface area contributed by atoms with E-state index >= 15 is 0 Å². The Kier molecular flexibility index (Phi) is 3.07. The van der Waals surface area contributed by atoms with Crippen LogP contribution in [0.15, 0.2) is 0 Å². The first-order valence-corrected chi connectivity index (χ1v) is 8.44. The first kappa shape index (κ1) is 14.7. The van der Waals surface area contributed by atoms with Crippen LogP contribution in [0.4, 0.5) is 0 Å². The Morgan fingerprint density at radius 1 is 1.45 bits per heavy atom. The molecule has 122 valence electrons. The number of alkyl halides is 1. The number of halogens is 1. The van der Waals surface area contributed by atoms with E-state index in [1.165, 1.54) is 0 Å². The first-order chi connectivity index (χ1) is 10.5. The number of aliphatic hydroxyl groups is 1. The minimum absolute atomic E-state index is 0.000228. The Bertz CT molecular complexity index is 542. The highest BCUT2D eigenvalue weighted by Gasteiger charge is 2.80. The lowest BCUT2D eigenvalue weighted by molar-refractivity contribution is -0.240. The van der Waals surface area contributed by atoms with Gasteiger partial charge < -0.3 is 19.9 Å². The van der Waals surface area contributed by atoms with Crippen molar-refractivity contribution >= 4 is 23.5 Å². The molecule has 2 N–H and O–H groups in total. The highest BCUT2D eigenvalue weighted by molar-refractivity contribution is 6.18. The molecule has 6 nitrogen and oxygen atoms in total. The van der Waals surface area contributed by atoms with Crippen LogP contribution in [-0.2, 0) is 19.1 Å². The van der Waals surface area contributed by atoms with Gasteiger partial charge in [-0.1, -0.05) is 6.42 Å². The van der Waals surface area contributed by atoms with Gasteiger partial charge in [0.05, 0.1) is 24.2 Å². The van der Waals surface area contributed by atoms with E-state index < -0.39 is 29.1 Å². The number of hydrogen-bond donors (Lipinski definition) is 2. The highest BCUT2D eigenvalue weighted by Crippen LogP contribution is 2.55. The largest absolute Gasteiger partial charge is 0.453 e. The molecule has 4 aliphatic rings. The second-order valence-electron chi connectivity index (χ2n) is 7.00.